The molecule has 0 N–H and O–H groups in total. The van der Waals surface area contributed by atoms with Crippen molar-refractivity contribution in [2.75, 3.05) is 20.8 Å². The summed E-state index contributed by atoms with van der Waals surface area (Å²) in [7, 11) is 3.34. The fourth-order valence-electron chi connectivity index (χ4n) is 2.19. The van der Waals surface area contributed by atoms with Crippen LogP contribution in [-0.4, -0.2) is 36.6 Å². The largest absolute Gasteiger partial charge is 0.493 e. The quantitative estimate of drug-likeness (QED) is 0.547. The fraction of sp³-hybridized carbons (Fsp3) is 0.200. The monoisotopic (exact) mass is 338 g/mol. The number of likely N-dealkylation sites (N-methyl/N-ethyl adjacent to an activating group) is 1. The third kappa shape index (κ3) is 5.49. The Balaban J connectivity index is 2.02. The standard InChI is InChI=1S/C20H22N2O3/c1-4-12-25-18-9-7-16(13-19(18)24-3)8-10-20(23)22(2)15-17-6-5-11-21-14-17/h4-11,13-14H,1,12,15H2,2-3H3/b10-8+. The maximum absolute atomic E-state index is 12.2. The van der Waals surface area contributed by atoms with Gasteiger partial charge in [-0.15, -0.1) is 0 Å². The van der Waals surface area contributed by atoms with Crippen molar-refractivity contribution in [1.82, 2.24) is 9.88 Å². The number of pyridine rings is 1. The summed E-state index contributed by atoms with van der Waals surface area (Å²) in [4.78, 5) is 17.9. The van der Waals surface area contributed by atoms with E-state index in [-0.39, 0.29) is 5.91 Å². The molecule has 1 amide bonds. The van der Waals surface area contributed by atoms with E-state index < -0.39 is 0 Å². The van der Waals surface area contributed by atoms with Gasteiger partial charge in [0.1, 0.15) is 6.61 Å². The van der Waals surface area contributed by atoms with Gasteiger partial charge in [-0.2, -0.15) is 0 Å². The molecule has 0 bridgehead atoms. The second kappa shape index (κ2) is 9.27. The number of aromatic nitrogens is 1. The van der Waals surface area contributed by atoms with Gasteiger partial charge in [0.25, 0.3) is 0 Å². The van der Waals surface area contributed by atoms with Crippen molar-refractivity contribution in [3.8, 4) is 11.5 Å². The Labute approximate surface area is 148 Å². The van der Waals surface area contributed by atoms with Crippen molar-refractivity contribution >= 4 is 12.0 Å². The highest BCUT2D eigenvalue weighted by Crippen LogP contribution is 2.28. The van der Waals surface area contributed by atoms with Crippen molar-refractivity contribution in [1.29, 1.82) is 0 Å². The molecule has 0 spiro atoms. The molecule has 1 heterocycles. The Morgan fingerprint density at radius 2 is 2.16 bits per heavy atom. The van der Waals surface area contributed by atoms with Crippen LogP contribution in [0.4, 0.5) is 0 Å². The molecule has 0 radical (unpaired) electrons. The Bertz CT molecular complexity index is 742. The Morgan fingerprint density at radius 1 is 1.32 bits per heavy atom. The molecule has 2 rings (SSSR count). The van der Waals surface area contributed by atoms with Gasteiger partial charge in [0.15, 0.2) is 11.5 Å². The number of ether oxygens (including phenoxy) is 2. The molecule has 0 saturated carbocycles. The SMILES string of the molecule is C=CCOc1ccc(/C=C/C(=O)N(C)Cc2cccnc2)cc1OC. The van der Waals surface area contributed by atoms with Crippen LogP contribution in [0.15, 0.2) is 61.5 Å². The predicted molar refractivity (Wildman–Crippen MR) is 98.4 cm³/mol. The number of hydrogen-bond donors (Lipinski definition) is 0. The van der Waals surface area contributed by atoms with E-state index in [0.29, 0.717) is 24.7 Å². The number of rotatable bonds is 8. The highest BCUT2D eigenvalue weighted by Gasteiger charge is 2.07. The molecule has 1 aromatic heterocycles. The molecule has 5 nitrogen and oxygen atoms in total. The zero-order valence-corrected chi connectivity index (χ0v) is 14.5. The van der Waals surface area contributed by atoms with Gasteiger partial charge >= 0.3 is 0 Å². The van der Waals surface area contributed by atoms with Crippen LogP contribution in [0, 0.1) is 0 Å². The Kier molecular flexibility index (Phi) is 6.77. The Hall–Kier alpha value is -3.08. The fourth-order valence-corrected chi connectivity index (χ4v) is 2.19. The lowest BCUT2D eigenvalue weighted by molar-refractivity contribution is -0.125. The molecule has 0 aliphatic carbocycles. The molecule has 0 saturated heterocycles. The average Bonchev–Trinajstić information content (AvgIpc) is 2.65. The van der Waals surface area contributed by atoms with E-state index in [1.165, 1.54) is 6.08 Å². The summed E-state index contributed by atoms with van der Waals surface area (Å²) in [5.41, 5.74) is 1.84. The second-order valence-corrected chi connectivity index (χ2v) is 5.40. The van der Waals surface area contributed by atoms with Gasteiger partial charge in [-0.25, -0.2) is 0 Å². The van der Waals surface area contributed by atoms with Gasteiger partial charge in [0.2, 0.25) is 5.91 Å². The summed E-state index contributed by atoms with van der Waals surface area (Å²) in [5.74, 6) is 1.16. The van der Waals surface area contributed by atoms with E-state index in [2.05, 4.69) is 11.6 Å². The molecule has 25 heavy (non-hydrogen) atoms. The summed E-state index contributed by atoms with van der Waals surface area (Å²) < 4.78 is 10.8. The van der Waals surface area contributed by atoms with Crippen LogP contribution >= 0.6 is 0 Å². The van der Waals surface area contributed by atoms with Crippen molar-refractivity contribution in [2.45, 2.75) is 6.54 Å². The molecular weight excluding hydrogens is 316 g/mol. The van der Waals surface area contributed by atoms with Crippen molar-refractivity contribution in [2.24, 2.45) is 0 Å². The Morgan fingerprint density at radius 3 is 2.84 bits per heavy atom. The van der Waals surface area contributed by atoms with E-state index in [9.17, 15) is 4.79 Å². The molecule has 0 aliphatic heterocycles. The van der Waals surface area contributed by atoms with E-state index in [4.69, 9.17) is 9.47 Å². The second-order valence-electron chi connectivity index (χ2n) is 5.40. The van der Waals surface area contributed by atoms with Crippen molar-refractivity contribution in [3.63, 3.8) is 0 Å². The number of carbonyl (C=O) groups is 1. The van der Waals surface area contributed by atoms with Crippen LogP contribution in [0.5, 0.6) is 11.5 Å². The van der Waals surface area contributed by atoms with Gasteiger partial charge < -0.3 is 14.4 Å². The van der Waals surface area contributed by atoms with Gasteiger partial charge in [-0.3, -0.25) is 9.78 Å². The highest BCUT2D eigenvalue weighted by atomic mass is 16.5. The number of methoxy groups -OCH3 is 1. The minimum Gasteiger partial charge on any atom is -0.493 e. The van der Waals surface area contributed by atoms with Crippen LogP contribution in [0.3, 0.4) is 0 Å². The average molecular weight is 338 g/mol. The zero-order valence-electron chi connectivity index (χ0n) is 14.5. The number of nitrogens with zero attached hydrogens (tertiary/aromatic N) is 2. The summed E-state index contributed by atoms with van der Waals surface area (Å²) in [5, 5.41) is 0. The zero-order chi connectivity index (χ0) is 18.1. The van der Waals surface area contributed by atoms with Crippen LogP contribution in [0.1, 0.15) is 11.1 Å². The lowest BCUT2D eigenvalue weighted by Gasteiger charge is -2.14. The van der Waals surface area contributed by atoms with E-state index in [1.807, 2.05) is 30.3 Å². The third-order valence-corrected chi connectivity index (χ3v) is 3.48. The van der Waals surface area contributed by atoms with Gasteiger partial charge in [0.05, 0.1) is 7.11 Å². The molecular formula is C20H22N2O3. The smallest absolute Gasteiger partial charge is 0.246 e. The molecule has 0 atom stereocenters. The molecule has 5 heteroatoms. The molecule has 0 aliphatic rings. The predicted octanol–water partition coefficient (Wildman–Crippen LogP) is 3.33. The topological polar surface area (TPSA) is 51.7 Å². The summed E-state index contributed by atoms with van der Waals surface area (Å²) in [6.07, 6.45) is 8.42. The van der Waals surface area contributed by atoms with Gasteiger partial charge in [0, 0.05) is 32.1 Å². The van der Waals surface area contributed by atoms with Crippen LogP contribution in [0.25, 0.3) is 6.08 Å². The number of amides is 1. The lowest BCUT2D eigenvalue weighted by Crippen LogP contribution is -2.24. The summed E-state index contributed by atoms with van der Waals surface area (Å²) in [6, 6.07) is 9.29. The normalized spacial score (nSPS) is 10.5. The summed E-state index contributed by atoms with van der Waals surface area (Å²) >= 11 is 0. The van der Waals surface area contributed by atoms with E-state index >= 15 is 0 Å². The minimum atomic E-state index is -0.0881. The highest BCUT2D eigenvalue weighted by molar-refractivity contribution is 5.91. The number of benzene rings is 1. The first-order valence-electron chi connectivity index (χ1n) is 7.88. The molecule has 2 aromatic rings. The lowest BCUT2D eigenvalue weighted by atomic mass is 10.2. The maximum atomic E-state index is 12.2. The van der Waals surface area contributed by atoms with E-state index in [1.54, 1.807) is 43.6 Å². The first-order valence-corrected chi connectivity index (χ1v) is 7.88. The number of carbonyl (C=O) groups excluding carboxylic acids is 1. The third-order valence-electron chi connectivity index (χ3n) is 3.48. The van der Waals surface area contributed by atoms with E-state index in [0.717, 1.165) is 11.1 Å². The van der Waals surface area contributed by atoms with Crippen molar-refractivity contribution < 1.29 is 14.3 Å². The molecule has 130 valence electrons. The first-order chi connectivity index (χ1) is 12.1. The summed E-state index contributed by atoms with van der Waals surface area (Å²) in [6.45, 7) is 4.54. The van der Waals surface area contributed by atoms with Crippen molar-refractivity contribution in [3.05, 3.63) is 72.6 Å². The molecule has 1 aromatic carbocycles. The molecule has 0 fully saturated rings. The van der Waals surface area contributed by atoms with Gasteiger partial charge in [-0.05, 0) is 35.4 Å². The van der Waals surface area contributed by atoms with Crippen LogP contribution < -0.4 is 9.47 Å². The van der Waals surface area contributed by atoms with Gasteiger partial charge in [-0.1, -0.05) is 24.8 Å². The minimum absolute atomic E-state index is 0.0881. The first kappa shape index (κ1) is 18.3. The molecule has 0 unspecified atom stereocenters. The number of hydrogen-bond acceptors (Lipinski definition) is 4. The van der Waals surface area contributed by atoms with Crippen LogP contribution in [-0.2, 0) is 11.3 Å². The van der Waals surface area contributed by atoms with Crippen LogP contribution in [0.2, 0.25) is 0 Å². The maximum Gasteiger partial charge on any atom is 0.246 e.